The van der Waals surface area contributed by atoms with Gasteiger partial charge in [-0.25, -0.2) is 4.98 Å². The first-order chi connectivity index (χ1) is 10.6. The fourth-order valence-corrected chi connectivity index (χ4v) is 2.89. The number of rotatable bonds is 5. The molecule has 6 heteroatoms. The Bertz CT molecular complexity index is 539. The summed E-state index contributed by atoms with van der Waals surface area (Å²) >= 11 is 0. The van der Waals surface area contributed by atoms with E-state index in [9.17, 15) is 0 Å². The van der Waals surface area contributed by atoms with E-state index in [1.54, 1.807) is 7.05 Å². The van der Waals surface area contributed by atoms with Gasteiger partial charge in [-0.05, 0) is 25.2 Å². The Balaban J connectivity index is 1.89. The quantitative estimate of drug-likeness (QED) is 0.643. The maximum atomic E-state index is 9.16. The second-order valence-corrected chi connectivity index (χ2v) is 6.23. The van der Waals surface area contributed by atoms with Crippen molar-refractivity contribution in [2.45, 2.75) is 52.2 Å². The van der Waals surface area contributed by atoms with Crippen molar-refractivity contribution in [3.8, 4) is 6.07 Å². The minimum absolute atomic E-state index is 0.0847. The Morgan fingerprint density at radius 3 is 3.05 bits per heavy atom. The molecule has 0 spiro atoms. The van der Waals surface area contributed by atoms with Gasteiger partial charge in [0.1, 0.15) is 5.82 Å². The first-order valence-corrected chi connectivity index (χ1v) is 8.00. The van der Waals surface area contributed by atoms with Crippen molar-refractivity contribution in [3.05, 3.63) is 18.2 Å². The van der Waals surface area contributed by atoms with E-state index in [1.807, 2.05) is 12.4 Å². The zero-order chi connectivity index (χ0) is 15.9. The fraction of sp³-hybridized carbons (Fsp3) is 0.688. The lowest BCUT2D eigenvalue weighted by molar-refractivity contribution is 0.500. The highest BCUT2D eigenvalue weighted by Crippen LogP contribution is 2.24. The van der Waals surface area contributed by atoms with E-state index < -0.39 is 0 Å². The summed E-state index contributed by atoms with van der Waals surface area (Å²) in [5, 5.41) is 15.8. The molecule has 0 saturated heterocycles. The molecule has 2 N–H and O–H groups in total. The van der Waals surface area contributed by atoms with Crippen LogP contribution in [0.1, 0.15) is 38.9 Å². The summed E-state index contributed by atoms with van der Waals surface area (Å²) in [6, 6.07) is 2.58. The molecule has 1 aliphatic carbocycles. The molecule has 0 aliphatic heterocycles. The van der Waals surface area contributed by atoms with Gasteiger partial charge in [0.25, 0.3) is 0 Å². The molecule has 1 fully saturated rings. The molecule has 6 nitrogen and oxygen atoms in total. The van der Waals surface area contributed by atoms with Crippen molar-refractivity contribution in [1.29, 1.82) is 5.26 Å². The number of nitriles is 1. The number of nitrogens with one attached hydrogen (secondary N) is 2. The molecule has 120 valence electrons. The largest absolute Gasteiger partial charge is 0.352 e. The molecule has 2 rings (SSSR count). The molecule has 2 unspecified atom stereocenters. The van der Waals surface area contributed by atoms with E-state index in [0.717, 1.165) is 37.6 Å². The lowest BCUT2D eigenvalue weighted by atomic mass is 10.1. The lowest BCUT2D eigenvalue weighted by Gasteiger charge is -2.19. The second kappa shape index (κ2) is 7.83. The molecule has 1 aliphatic rings. The normalized spacial score (nSPS) is 21.9. The summed E-state index contributed by atoms with van der Waals surface area (Å²) in [5.74, 6) is 2.41. The number of nitrogens with zero attached hydrogens (tertiary/aromatic N) is 4. The first-order valence-electron chi connectivity index (χ1n) is 8.00. The van der Waals surface area contributed by atoms with Gasteiger partial charge in [-0.3, -0.25) is 4.99 Å². The average molecular weight is 302 g/mol. The van der Waals surface area contributed by atoms with Gasteiger partial charge in [-0.15, -0.1) is 0 Å². The molecule has 2 atom stereocenters. The summed E-state index contributed by atoms with van der Waals surface area (Å²) < 4.78 is 2.17. The minimum atomic E-state index is 0.0847. The number of aromatic nitrogens is 2. The van der Waals surface area contributed by atoms with Crippen LogP contribution >= 0.6 is 0 Å². The van der Waals surface area contributed by atoms with Crippen LogP contribution in [0.2, 0.25) is 0 Å². The van der Waals surface area contributed by atoms with Crippen LogP contribution in [0.25, 0.3) is 0 Å². The van der Waals surface area contributed by atoms with E-state index >= 15 is 0 Å². The third kappa shape index (κ3) is 4.23. The summed E-state index contributed by atoms with van der Waals surface area (Å²) in [7, 11) is 1.76. The third-order valence-electron chi connectivity index (χ3n) is 4.01. The fourth-order valence-electron chi connectivity index (χ4n) is 2.89. The Kier molecular flexibility index (Phi) is 5.82. The van der Waals surface area contributed by atoms with E-state index in [1.165, 1.54) is 0 Å². The van der Waals surface area contributed by atoms with Crippen LogP contribution < -0.4 is 10.6 Å². The van der Waals surface area contributed by atoms with Gasteiger partial charge < -0.3 is 15.2 Å². The van der Waals surface area contributed by atoms with Gasteiger partial charge in [-0.1, -0.05) is 13.8 Å². The molecular weight excluding hydrogens is 276 g/mol. The molecule has 1 aromatic heterocycles. The molecule has 1 aromatic rings. The van der Waals surface area contributed by atoms with Crippen molar-refractivity contribution in [2.24, 2.45) is 16.8 Å². The van der Waals surface area contributed by atoms with Gasteiger partial charge >= 0.3 is 0 Å². The first kappa shape index (κ1) is 16.3. The zero-order valence-electron chi connectivity index (χ0n) is 13.7. The number of hydrogen-bond acceptors (Lipinski definition) is 3. The molecule has 0 radical (unpaired) electrons. The topological polar surface area (TPSA) is 78.0 Å². The van der Waals surface area contributed by atoms with E-state index in [-0.39, 0.29) is 12.0 Å². The Morgan fingerprint density at radius 1 is 1.55 bits per heavy atom. The highest BCUT2D eigenvalue weighted by Gasteiger charge is 2.27. The molecule has 22 heavy (non-hydrogen) atoms. The van der Waals surface area contributed by atoms with Crippen LogP contribution in [-0.2, 0) is 13.1 Å². The highest BCUT2D eigenvalue weighted by atomic mass is 15.2. The Morgan fingerprint density at radius 2 is 2.36 bits per heavy atom. The highest BCUT2D eigenvalue weighted by molar-refractivity contribution is 5.80. The van der Waals surface area contributed by atoms with Crippen molar-refractivity contribution < 1.29 is 0 Å². The van der Waals surface area contributed by atoms with Gasteiger partial charge in [0.05, 0.1) is 18.5 Å². The number of hydrogen-bond donors (Lipinski definition) is 2. The Labute approximate surface area is 132 Å². The number of aliphatic imine (C=N–C) groups is 1. The lowest BCUT2D eigenvalue weighted by Crippen LogP contribution is -2.44. The molecule has 0 aromatic carbocycles. The minimum Gasteiger partial charge on any atom is -0.352 e. The van der Waals surface area contributed by atoms with Crippen molar-refractivity contribution in [1.82, 2.24) is 20.2 Å². The predicted molar refractivity (Wildman–Crippen MR) is 87.1 cm³/mol. The van der Waals surface area contributed by atoms with E-state index in [2.05, 4.69) is 45.1 Å². The maximum Gasteiger partial charge on any atom is 0.191 e. The van der Waals surface area contributed by atoms with Crippen molar-refractivity contribution in [3.63, 3.8) is 0 Å². The number of guanidine groups is 1. The van der Waals surface area contributed by atoms with Crippen LogP contribution in [0, 0.1) is 23.2 Å². The standard InChI is InChI=1S/C16H26N6/c1-12(2)11-22-8-7-19-15(22)10-20-16(18-3)21-14-6-4-5-13(14)9-17/h7-8,12-14H,4-6,10-11H2,1-3H3,(H2,18,20,21). The second-order valence-electron chi connectivity index (χ2n) is 6.23. The van der Waals surface area contributed by atoms with Crippen molar-refractivity contribution in [2.75, 3.05) is 7.05 Å². The van der Waals surface area contributed by atoms with Crippen LogP contribution in [0.3, 0.4) is 0 Å². The van der Waals surface area contributed by atoms with Gasteiger partial charge in [0.15, 0.2) is 5.96 Å². The van der Waals surface area contributed by atoms with Gasteiger partial charge in [0.2, 0.25) is 0 Å². The van der Waals surface area contributed by atoms with E-state index in [4.69, 9.17) is 5.26 Å². The molecule has 1 saturated carbocycles. The number of imidazole rings is 1. The summed E-state index contributed by atoms with van der Waals surface area (Å²) in [5.41, 5.74) is 0. The maximum absolute atomic E-state index is 9.16. The van der Waals surface area contributed by atoms with Crippen LogP contribution in [-0.4, -0.2) is 28.6 Å². The molecule has 0 bridgehead atoms. The van der Waals surface area contributed by atoms with Crippen LogP contribution in [0.4, 0.5) is 0 Å². The summed E-state index contributed by atoms with van der Waals surface area (Å²) in [6.45, 7) is 5.98. The molecular formula is C16H26N6. The van der Waals surface area contributed by atoms with Crippen molar-refractivity contribution >= 4 is 5.96 Å². The zero-order valence-corrected chi connectivity index (χ0v) is 13.7. The van der Waals surface area contributed by atoms with Crippen LogP contribution in [0.5, 0.6) is 0 Å². The third-order valence-corrected chi connectivity index (χ3v) is 4.01. The van der Waals surface area contributed by atoms with Gasteiger partial charge in [-0.2, -0.15) is 5.26 Å². The SMILES string of the molecule is CN=C(NCc1nccn1CC(C)C)NC1CCCC1C#N. The summed E-state index contributed by atoms with van der Waals surface area (Å²) in [4.78, 5) is 8.66. The monoisotopic (exact) mass is 302 g/mol. The van der Waals surface area contributed by atoms with Crippen LogP contribution in [0.15, 0.2) is 17.4 Å². The molecule has 0 amide bonds. The molecule has 1 heterocycles. The van der Waals surface area contributed by atoms with Gasteiger partial charge in [0, 0.05) is 32.0 Å². The predicted octanol–water partition coefficient (Wildman–Crippen LogP) is 1.90. The van der Waals surface area contributed by atoms with E-state index in [0.29, 0.717) is 12.5 Å². The smallest absolute Gasteiger partial charge is 0.191 e. The Hall–Kier alpha value is -2.03. The average Bonchev–Trinajstić information content (AvgIpc) is 3.11. The summed E-state index contributed by atoms with van der Waals surface area (Å²) in [6.07, 6.45) is 6.95.